The van der Waals surface area contributed by atoms with Crippen molar-refractivity contribution in [3.63, 3.8) is 0 Å². The minimum Gasteiger partial charge on any atom is -0.307 e. The zero-order valence-corrected chi connectivity index (χ0v) is 13.0. The van der Waals surface area contributed by atoms with Crippen LogP contribution in [0.2, 0.25) is 10.0 Å². The molecule has 0 saturated carbocycles. The lowest BCUT2D eigenvalue weighted by molar-refractivity contribution is -0.384. The molecule has 0 radical (unpaired) electrons. The average molecular weight is 353 g/mol. The van der Waals surface area contributed by atoms with Crippen molar-refractivity contribution in [3.8, 4) is 0 Å². The Kier molecular flexibility index (Phi) is 5.51. The normalized spacial score (nSPS) is 10.5. The molecule has 7 nitrogen and oxygen atoms in total. The smallest absolute Gasteiger partial charge is 0.307 e. The average Bonchev–Trinajstić information content (AvgIpc) is 2.50. The van der Waals surface area contributed by atoms with Crippen LogP contribution in [0.1, 0.15) is 5.56 Å². The number of hydrogen-bond donors (Lipinski definition) is 2. The predicted octanol–water partition coefficient (Wildman–Crippen LogP) is 4.06. The molecule has 2 aromatic rings. The number of rotatable bonds is 4. The van der Waals surface area contributed by atoms with Crippen molar-refractivity contribution in [2.75, 3.05) is 5.32 Å². The lowest BCUT2D eigenvalue weighted by Gasteiger charge is -2.04. The molecular weight excluding hydrogens is 343 g/mol. The molecule has 2 amide bonds. The van der Waals surface area contributed by atoms with E-state index < -0.39 is 11.0 Å². The summed E-state index contributed by atoms with van der Waals surface area (Å²) in [6.07, 6.45) is 1.19. The molecule has 0 aliphatic carbocycles. The Hall–Kier alpha value is -2.64. The van der Waals surface area contributed by atoms with Gasteiger partial charge in [-0.25, -0.2) is 10.2 Å². The van der Waals surface area contributed by atoms with Crippen LogP contribution in [0.5, 0.6) is 0 Å². The second-order valence-corrected chi connectivity index (χ2v) is 5.09. The Labute approximate surface area is 141 Å². The van der Waals surface area contributed by atoms with Gasteiger partial charge in [0.1, 0.15) is 5.02 Å². The highest BCUT2D eigenvalue weighted by atomic mass is 35.5. The number of benzene rings is 2. The standard InChI is InChI=1S/C14H10Cl2N4O3/c15-11-7-12(16)13(20(22)23)6-9(11)8-17-19-14(21)18-10-4-2-1-3-5-10/h1-8H,(H2,18,19,21). The van der Waals surface area contributed by atoms with Gasteiger partial charge in [0.15, 0.2) is 0 Å². The lowest BCUT2D eigenvalue weighted by Crippen LogP contribution is -2.24. The summed E-state index contributed by atoms with van der Waals surface area (Å²) in [7, 11) is 0. The molecule has 9 heteroatoms. The summed E-state index contributed by atoms with van der Waals surface area (Å²) in [5.74, 6) is 0. The van der Waals surface area contributed by atoms with Crippen LogP contribution in [0.4, 0.5) is 16.2 Å². The Morgan fingerprint density at radius 2 is 1.87 bits per heavy atom. The van der Waals surface area contributed by atoms with Crippen LogP contribution >= 0.6 is 23.2 Å². The third kappa shape index (κ3) is 4.67. The predicted molar refractivity (Wildman–Crippen MR) is 89.3 cm³/mol. The fourth-order valence-corrected chi connectivity index (χ4v) is 2.13. The molecule has 0 unspecified atom stereocenters. The van der Waals surface area contributed by atoms with E-state index in [1.54, 1.807) is 24.3 Å². The molecule has 0 bridgehead atoms. The SMILES string of the molecule is O=C(NN=Cc1cc([N+](=O)[O-])c(Cl)cc1Cl)Nc1ccccc1. The van der Waals surface area contributed by atoms with Gasteiger partial charge in [-0.2, -0.15) is 5.10 Å². The van der Waals surface area contributed by atoms with E-state index in [1.165, 1.54) is 18.3 Å². The maximum atomic E-state index is 11.6. The first-order chi connectivity index (χ1) is 11.0. The number of nitro benzene ring substituents is 1. The Balaban J connectivity index is 2.04. The van der Waals surface area contributed by atoms with Crippen LogP contribution in [0.3, 0.4) is 0 Å². The number of para-hydroxylation sites is 1. The number of hydrazone groups is 1. The Morgan fingerprint density at radius 3 is 2.52 bits per heavy atom. The van der Waals surface area contributed by atoms with Gasteiger partial charge in [0.05, 0.1) is 16.2 Å². The van der Waals surface area contributed by atoms with Crippen LogP contribution in [0.15, 0.2) is 47.6 Å². The highest BCUT2D eigenvalue weighted by Crippen LogP contribution is 2.29. The fourth-order valence-electron chi connectivity index (χ4n) is 1.63. The van der Waals surface area contributed by atoms with E-state index in [-0.39, 0.29) is 21.3 Å². The quantitative estimate of drug-likeness (QED) is 0.493. The fraction of sp³-hybridized carbons (Fsp3) is 0. The highest BCUT2D eigenvalue weighted by molar-refractivity contribution is 6.37. The van der Waals surface area contributed by atoms with E-state index in [9.17, 15) is 14.9 Å². The van der Waals surface area contributed by atoms with Crippen LogP contribution in [-0.4, -0.2) is 17.2 Å². The summed E-state index contributed by atoms with van der Waals surface area (Å²) >= 11 is 11.6. The molecule has 0 atom stereocenters. The van der Waals surface area contributed by atoms with Crippen molar-refractivity contribution >= 4 is 46.8 Å². The van der Waals surface area contributed by atoms with Crippen molar-refractivity contribution in [3.05, 3.63) is 68.2 Å². The third-order valence-electron chi connectivity index (χ3n) is 2.66. The van der Waals surface area contributed by atoms with E-state index in [0.29, 0.717) is 5.69 Å². The van der Waals surface area contributed by atoms with Crippen LogP contribution in [0.25, 0.3) is 0 Å². The Bertz CT molecular complexity index is 766. The summed E-state index contributed by atoms with van der Waals surface area (Å²) in [4.78, 5) is 21.8. The first-order valence-electron chi connectivity index (χ1n) is 6.26. The summed E-state index contributed by atoms with van der Waals surface area (Å²) in [6.45, 7) is 0. The zero-order chi connectivity index (χ0) is 16.8. The molecule has 2 rings (SSSR count). The first kappa shape index (κ1) is 16.7. The number of amides is 2. The molecule has 118 valence electrons. The Morgan fingerprint density at radius 1 is 1.17 bits per heavy atom. The maximum absolute atomic E-state index is 11.6. The zero-order valence-electron chi connectivity index (χ0n) is 11.5. The molecule has 2 N–H and O–H groups in total. The molecule has 0 aliphatic rings. The number of hydrogen-bond acceptors (Lipinski definition) is 4. The number of carbonyl (C=O) groups is 1. The number of nitrogens with one attached hydrogen (secondary N) is 2. The van der Waals surface area contributed by atoms with Crippen molar-refractivity contribution in [1.29, 1.82) is 0 Å². The van der Waals surface area contributed by atoms with Crippen molar-refractivity contribution in [1.82, 2.24) is 5.43 Å². The number of carbonyl (C=O) groups excluding carboxylic acids is 1. The van der Waals surface area contributed by atoms with E-state index in [1.807, 2.05) is 6.07 Å². The van der Waals surface area contributed by atoms with Gasteiger partial charge in [0.25, 0.3) is 5.69 Å². The molecule has 0 spiro atoms. The van der Waals surface area contributed by atoms with Gasteiger partial charge < -0.3 is 5.32 Å². The van der Waals surface area contributed by atoms with Crippen molar-refractivity contribution < 1.29 is 9.72 Å². The number of halogens is 2. The monoisotopic (exact) mass is 352 g/mol. The molecule has 0 aromatic heterocycles. The summed E-state index contributed by atoms with van der Waals surface area (Å²) < 4.78 is 0. The number of nitrogens with zero attached hydrogens (tertiary/aromatic N) is 2. The molecular formula is C14H10Cl2N4O3. The molecule has 0 aliphatic heterocycles. The van der Waals surface area contributed by atoms with Gasteiger partial charge in [0.2, 0.25) is 0 Å². The number of urea groups is 1. The molecule has 23 heavy (non-hydrogen) atoms. The molecule has 2 aromatic carbocycles. The van der Waals surface area contributed by atoms with Gasteiger partial charge in [-0.3, -0.25) is 10.1 Å². The van der Waals surface area contributed by atoms with Gasteiger partial charge in [-0.1, -0.05) is 41.4 Å². The molecule has 0 saturated heterocycles. The number of nitro groups is 1. The molecule has 0 fully saturated rings. The van der Waals surface area contributed by atoms with Gasteiger partial charge in [-0.15, -0.1) is 0 Å². The van der Waals surface area contributed by atoms with Gasteiger partial charge in [-0.05, 0) is 18.2 Å². The maximum Gasteiger partial charge on any atom is 0.339 e. The second-order valence-electron chi connectivity index (χ2n) is 4.27. The largest absolute Gasteiger partial charge is 0.339 e. The van der Waals surface area contributed by atoms with Crippen LogP contribution in [0, 0.1) is 10.1 Å². The topological polar surface area (TPSA) is 96.6 Å². The number of anilines is 1. The van der Waals surface area contributed by atoms with Crippen LogP contribution < -0.4 is 10.7 Å². The summed E-state index contributed by atoms with van der Waals surface area (Å²) in [6, 6.07) is 10.6. The van der Waals surface area contributed by atoms with Gasteiger partial charge >= 0.3 is 6.03 Å². The third-order valence-corrected chi connectivity index (χ3v) is 3.29. The van der Waals surface area contributed by atoms with E-state index in [2.05, 4.69) is 15.8 Å². The van der Waals surface area contributed by atoms with E-state index in [0.717, 1.165) is 0 Å². The lowest BCUT2D eigenvalue weighted by atomic mass is 10.2. The summed E-state index contributed by atoms with van der Waals surface area (Å²) in [5.41, 5.74) is 2.78. The highest BCUT2D eigenvalue weighted by Gasteiger charge is 2.15. The first-order valence-corrected chi connectivity index (χ1v) is 7.01. The summed E-state index contributed by atoms with van der Waals surface area (Å²) in [5, 5.41) is 17.2. The van der Waals surface area contributed by atoms with Crippen LogP contribution in [-0.2, 0) is 0 Å². The molecule has 0 heterocycles. The second kappa shape index (κ2) is 7.57. The minimum absolute atomic E-state index is 0.0769. The van der Waals surface area contributed by atoms with E-state index >= 15 is 0 Å². The van der Waals surface area contributed by atoms with E-state index in [4.69, 9.17) is 23.2 Å². The van der Waals surface area contributed by atoms with Gasteiger partial charge in [0, 0.05) is 17.3 Å². The van der Waals surface area contributed by atoms with Crippen molar-refractivity contribution in [2.24, 2.45) is 5.10 Å². The van der Waals surface area contributed by atoms with Crippen molar-refractivity contribution in [2.45, 2.75) is 0 Å². The minimum atomic E-state index is -0.633.